The number of alkyl halides is 3. The van der Waals surface area contributed by atoms with Crippen molar-refractivity contribution < 1.29 is 31.1 Å². The fraction of sp³-hybridized carbons (Fsp3) is 0.316. The molecule has 0 aliphatic heterocycles. The molecule has 0 bridgehead atoms. The van der Waals surface area contributed by atoms with Gasteiger partial charge in [-0.2, -0.15) is 13.2 Å². The van der Waals surface area contributed by atoms with Crippen molar-refractivity contribution in [1.82, 2.24) is 5.32 Å². The summed E-state index contributed by atoms with van der Waals surface area (Å²) in [7, 11) is -2.53. The average molecular weight is 430 g/mol. The highest BCUT2D eigenvalue weighted by Crippen LogP contribution is 2.32. The van der Waals surface area contributed by atoms with Crippen LogP contribution < -0.4 is 14.4 Å². The monoisotopic (exact) mass is 430 g/mol. The molecule has 2 rings (SSSR count). The van der Waals surface area contributed by atoms with Crippen LogP contribution in [0.4, 0.5) is 18.9 Å². The second-order valence-corrected chi connectivity index (χ2v) is 8.26. The summed E-state index contributed by atoms with van der Waals surface area (Å²) in [4.78, 5) is 12.5. The average Bonchev–Trinajstić information content (AvgIpc) is 2.64. The maximum absolute atomic E-state index is 13.0. The van der Waals surface area contributed by atoms with Crippen LogP contribution >= 0.6 is 0 Å². The number of para-hydroxylation sites is 1. The number of carbonyl (C=O) groups is 1. The Bertz CT molecular complexity index is 977. The molecular weight excluding hydrogens is 409 g/mol. The molecule has 0 spiro atoms. The summed E-state index contributed by atoms with van der Waals surface area (Å²) in [6.07, 6.45) is -3.82. The minimum atomic E-state index is -4.64. The third kappa shape index (κ3) is 5.86. The summed E-state index contributed by atoms with van der Waals surface area (Å²) >= 11 is 0. The summed E-state index contributed by atoms with van der Waals surface area (Å²) in [6.45, 7) is 1.02. The second-order valence-electron chi connectivity index (χ2n) is 6.35. The first-order valence-electron chi connectivity index (χ1n) is 8.50. The number of sulfonamides is 1. The topological polar surface area (TPSA) is 75.7 Å². The van der Waals surface area contributed by atoms with E-state index in [1.165, 1.54) is 13.2 Å². The Morgan fingerprint density at radius 3 is 2.41 bits per heavy atom. The Labute approximate surface area is 167 Å². The lowest BCUT2D eigenvalue weighted by Crippen LogP contribution is -2.41. The van der Waals surface area contributed by atoms with E-state index >= 15 is 0 Å². The lowest BCUT2D eigenvalue weighted by molar-refractivity contribution is -0.137. The van der Waals surface area contributed by atoms with E-state index in [2.05, 4.69) is 5.32 Å². The van der Waals surface area contributed by atoms with E-state index in [0.29, 0.717) is 21.7 Å². The molecule has 2 aromatic rings. The molecular formula is C19H21F3N2O4S. The quantitative estimate of drug-likeness (QED) is 0.731. The standard InChI is InChI=1S/C19H21F3N2O4S/c1-13(16-9-4-5-10-17(16)28-2)23-18(25)12-24(29(3,26)27)15-8-6-7-14(11-15)19(20,21)22/h4-11,13H,12H2,1-3H3,(H,23,25)/t13-/m0/s1. The van der Waals surface area contributed by atoms with E-state index < -0.39 is 40.3 Å². The highest BCUT2D eigenvalue weighted by Gasteiger charge is 2.32. The van der Waals surface area contributed by atoms with Crippen LogP contribution in [0.1, 0.15) is 24.1 Å². The van der Waals surface area contributed by atoms with Gasteiger partial charge in [0.2, 0.25) is 15.9 Å². The van der Waals surface area contributed by atoms with Crippen molar-refractivity contribution in [3.63, 3.8) is 0 Å². The number of methoxy groups -OCH3 is 1. The minimum Gasteiger partial charge on any atom is -0.496 e. The van der Waals surface area contributed by atoms with Crippen LogP contribution in [0, 0.1) is 0 Å². The Hall–Kier alpha value is -2.75. The van der Waals surface area contributed by atoms with E-state index in [-0.39, 0.29) is 5.69 Å². The molecule has 0 heterocycles. The number of anilines is 1. The van der Waals surface area contributed by atoms with Gasteiger partial charge < -0.3 is 10.1 Å². The van der Waals surface area contributed by atoms with E-state index in [1.54, 1.807) is 31.2 Å². The zero-order valence-electron chi connectivity index (χ0n) is 16.0. The first-order valence-corrected chi connectivity index (χ1v) is 10.4. The summed E-state index contributed by atoms with van der Waals surface area (Å²) in [6, 6.07) is 10.3. The third-order valence-electron chi connectivity index (χ3n) is 4.13. The number of nitrogens with zero attached hydrogens (tertiary/aromatic N) is 1. The smallest absolute Gasteiger partial charge is 0.416 e. The minimum absolute atomic E-state index is 0.248. The van der Waals surface area contributed by atoms with Crippen molar-refractivity contribution in [3.05, 3.63) is 59.7 Å². The predicted molar refractivity (Wildman–Crippen MR) is 103 cm³/mol. The van der Waals surface area contributed by atoms with E-state index in [9.17, 15) is 26.4 Å². The zero-order valence-corrected chi connectivity index (χ0v) is 16.8. The lowest BCUT2D eigenvalue weighted by Gasteiger charge is -2.24. The maximum atomic E-state index is 13.0. The molecule has 1 atom stereocenters. The molecule has 1 N–H and O–H groups in total. The van der Waals surface area contributed by atoms with Crippen molar-refractivity contribution >= 4 is 21.6 Å². The number of nitrogens with one attached hydrogen (secondary N) is 1. The van der Waals surface area contributed by atoms with E-state index in [1.807, 2.05) is 0 Å². The molecule has 0 radical (unpaired) electrons. The first-order chi connectivity index (χ1) is 13.4. The number of hydrogen-bond donors (Lipinski definition) is 1. The molecule has 0 fully saturated rings. The number of ether oxygens (including phenoxy) is 1. The van der Waals surface area contributed by atoms with Crippen LogP contribution in [0.2, 0.25) is 0 Å². The van der Waals surface area contributed by atoms with Gasteiger partial charge in [-0.3, -0.25) is 9.10 Å². The zero-order chi connectivity index (χ0) is 21.8. The van der Waals surface area contributed by atoms with Gasteiger partial charge in [-0.15, -0.1) is 0 Å². The second kappa shape index (κ2) is 8.73. The normalized spacial score (nSPS) is 12.9. The van der Waals surface area contributed by atoms with Gasteiger partial charge in [0.25, 0.3) is 0 Å². The summed E-state index contributed by atoms with van der Waals surface area (Å²) in [5, 5.41) is 2.64. The van der Waals surface area contributed by atoms with Gasteiger partial charge in [0.1, 0.15) is 12.3 Å². The van der Waals surface area contributed by atoms with Crippen molar-refractivity contribution in [2.75, 3.05) is 24.2 Å². The van der Waals surface area contributed by atoms with Gasteiger partial charge >= 0.3 is 6.18 Å². The highest BCUT2D eigenvalue weighted by molar-refractivity contribution is 7.92. The van der Waals surface area contributed by atoms with Gasteiger partial charge in [-0.1, -0.05) is 24.3 Å². The Balaban J connectivity index is 2.24. The SMILES string of the molecule is COc1ccccc1[C@H](C)NC(=O)CN(c1cccc(C(F)(F)F)c1)S(C)(=O)=O. The molecule has 0 saturated carbocycles. The fourth-order valence-corrected chi connectivity index (χ4v) is 3.61. The van der Waals surface area contributed by atoms with Crippen LogP contribution in [-0.2, 0) is 21.0 Å². The molecule has 158 valence electrons. The molecule has 29 heavy (non-hydrogen) atoms. The Morgan fingerprint density at radius 1 is 1.17 bits per heavy atom. The van der Waals surface area contributed by atoms with Crippen molar-refractivity contribution in [3.8, 4) is 5.75 Å². The van der Waals surface area contributed by atoms with Gasteiger partial charge in [0.15, 0.2) is 0 Å². The molecule has 6 nitrogen and oxygen atoms in total. The number of carbonyl (C=O) groups excluding carboxylic acids is 1. The van der Waals surface area contributed by atoms with Gasteiger partial charge in [-0.25, -0.2) is 8.42 Å². The number of amides is 1. The molecule has 0 aliphatic rings. The summed E-state index contributed by atoms with van der Waals surface area (Å²) < 4.78 is 69.0. The van der Waals surface area contributed by atoms with Gasteiger partial charge in [0, 0.05) is 5.56 Å². The first kappa shape index (κ1) is 22.5. The van der Waals surface area contributed by atoms with E-state index in [0.717, 1.165) is 18.4 Å². The summed E-state index contributed by atoms with van der Waals surface area (Å²) in [5.41, 5.74) is -0.581. The Kier molecular flexibility index (Phi) is 6.78. The molecule has 0 aliphatic carbocycles. The highest BCUT2D eigenvalue weighted by atomic mass is 32.2. The largest absolute Gasteiger partial charge is 0.496 e. The fourth-order valence-electron chi connectivity index (χ4n) is 2.76. The molecule has 2 aromatic carbocycles. The summed E-state index contributed by atoms with van der Waals surface area (Å²) in [5.74, 6) is -0.135. The predicted octanol–water partition coefficient (Wildman–Crippen LogP) is 3.36. The number of benzene rings is 2. The third-order valence-corrected chi connectivity index (χ3v) is 5.27. The van der Waals surface area contributed by atoms with Gasteiger partial charge in [-0.05, 0) is 31.2 Å². The Morgan fingerprint density at radius 2 is 1.83 bits per heavy atom. The van der Waals surface area contributed by atoms with Crippen LogP contribution in [0.25, 0.3) is 0 Å². The van der Waals surface area contributed by atoms with Crippen LogP contribution in [0.15, 0.2) is 48.5 Å². The lowest BCUT2D eigenvalue weighted by atomic mass is 10.1. The molecule has 0 aromatic heterocycles. The number of halogens is 3. The van der Waals surface area contributed by atoms with Crippen LogP contribution in [-0.4, -0.2) is 34.2 Å². The molecule has 0 unspecified atom stereocenters. The van der Waals surface area contributed by atoms with E-state index in [4.69, 9.17) is 4.74 Å². The van der Waals surface area contributed by atoms with Crippen LogP contribution in [0.3, 0.4) is 0 Å². The van der Waals surface area contributed by atoms with Crippen LogP contribution in [0.5, 0.6) is 5.75 Å². The molecule has 10 heteroatoms. The number of hydrogen-bond acceptors (Lipinski definition) is 4. The molecule has 0 saturated heterocycles. The molecule has 1 amide bonds. The van der Waals surface area contributed by atoms with Crippen molar-refractivity contribution in [2.45, 2.75) is 19.1 Å². The maximum Gasteiger partial charge on any atom is 0.416 e. The van der Waals surface area contributed by atoms with Crippen molar-refractivity contribution in [1.29, 1.82) is 0 Å². The number of rotatable bonds is 7. The van der Waals surface area contributed by atoms with Gasteiger partial charge in [0.05, 0.1) is 30.7 Å². The van der Waals surface area contributed by atoms with Crippen molar-refractivity contribution in [2.24, 2.45) is 0 Å².